The van der Waals surface area contributed by atoms with Crippen LogP contribution in [0.3, 0.4) is 0 Å². The van der Waals surface area contributed by atoms with Gasteiger partial charge in [-0.15, -0.1) is 0 Å². The zero-order chi connectivity index (χ0) is 6.41. The van der Waals surface area contributed by atoms with Gasteiger partial charge in [-0.1, -0.05) is 43.9 Å². The average Bonchev–Trinajstić information content (AvgIpc) is 1.83. The standard InChI is InChI=1S/C8H12.H2/c1-4-6-7-8(3)5-2;/h4,6-7H,1,3,5H2,2H3;1H/b7-6-;. The lowest BCUT2D eigenvalue weighted by atomic mass is 10.2. The van der Waals surface area contributed by atoms with Crippen LogP contribution in [0.4, 0.5) is 0 Å². The predicted octanol–water partition coefficient (Wildman–Crippen LogP) is 2.94. The van der Waals surface area contributed by atoms with Gasteiger partial charge in [0.2, 0.25) is 0 Å². The zero-order valence-corrected chi connectivity index (χ0v) is 5.35. The van der Waals surface area contributed by atoms with E-state index < -0.39 is 0 Å². The monoisotopic (exact) mass is 110 g/mol. The number of rotatable bonds is 3. The summed E-state index contributed by atoms with van der Waals surface area (Å²) in [4.78, 5) is 0. The summed E-state index contributed by atoms with van der Waals surface area (Å²) in [6.07, 6.45) is 6.63. The van der Waals surface area contributed by atoms with E-state index in [0.29, 0.717) is 0 Å². The van der Waals surface area contributed by atoms with Gasteiger partial charge in [0.15, 0.2) is 0 Å². The lowest BCUT2D eigenvalue weighted by Gasteiger charge is -1.86. The Hall–Kier alpha value is -0.780. The van der Waals surface area contributed by atoms with Gasteiger partial charge in [-0.25, -0.2) is 0 Å². The lowest BCUT2D eigenvalue weighted by Crippen LogP contribution is -1.65. The van der Waals surface area contributed by atoms with Crippen LogP contribution in [0, 0.1) is 0 Å². The van der Waals surface area contributed by atoms with Crippen molar-refractivity contribution in [3.63, 3.8) is 0 Å². The Morgan fingerprint density at radius 2 is 2.38 bits per heavy atom. The highest BCUT2D eigenvalue weighted by Gasteiger charge is 1.75. The molecule has 0 N–H and O–H groups in total. The summed E-state index contributed by atoms with van der Waals surface area (Å²) in [5.74, 6) is 0. The van der Waals surface area contributed by atoms with E-state index in [0.717, 1.165) is 12.0 Å². The molecular formula is C8H14. The summed E-state index contributed by atoms with van der Waals surface area (Å²) in [5, 5.41) is 0. The molecule has 0 unspecified atom stereocenters. The van der Waals surface area contributed by atoms with Gasteiger partial charge in [0.1, 0.15) is 0 Å². The van der Waals surface area contributed by atoms with Crippen molar-refractivity contribution < 1.29 is 1.43 Å². The largest absolute Gasteiger partial charge is 0.0991 e. The second kappa shape index (κ2) is 4.38. The molecule has 0 saturated heterocycles. The fourth-order valence-corrected chi connectivity index (χ4v) is 0.322. The maximum absolute atomic E-state index is 3.78. The maximum atomic E-state index is 3.78. The first-order valence-corrected chi connectivity index (χ1v) is 2.78. The highest BCUT2D eigenvalue weighted by molar-refractivity contribution is 5.17. The van der Waals surface area contributed by atoms with Crippen molar-refractivity contribution in [3.05, 3.63) is 37.0 Å². The molecular weight excluding hydrogens is 96.1 g/mol. The van der Waals surface area contributed by atoms with Crippen LogP contribution in [0.5, 0.6) is 0 Å². The molecule has 0 aliphatic rings. The van der Waals surface area contributed by atoms with Crippen molar-refractivity contribution in [2.24, 2.45) is 0 Å². The number of hydrogen-bond acceptors (Lipinski definition) is 0. The Bertz CT molecular complexity index is 112. The fourth-order valence-electron chi connectivity index (χ4n) is 0.322. The SMILES string of the molecule is C=C/C=C\C(=C)CC.[HH]. The van der Waals surface area contributed by atoms with E-state index in [9.17, 15) is 0 Å². The van der Waals surface area contributed by atoms with Gasteiger partial charge in [0.25, 0.3) is 0 Å². The summed E-state index contributed by atoms with van der Waals surface area (Å²) < 4.78 is 0. The molecule has 0 aliphatic heterocycles. The third-order valence-electron chi connectivity index (χ3n) is 0.922. The van der Waals surface area contributed by atoms with Crippen molar-refractivity contribution in [2.45, 2.75) is 13.3 Å². The molecule has 0 heterocycles. The molecule has 0 aliphatic carbocycles. The molecule has 0 nitrogen and oxygen atoms in total. The number of allylic oxidation sites excluding steroid dienone is 4. The van der Waals surface area contributed by atoms with Crippen molar-refractivity contribution in [1.29, 1.82) is 0 Å². The fraction of sp³-hybridized carbons (Fsp3) is 0.250. The Morgan fingerprint density at radius 1 is 1.75 bits per heavy atom. The van der Waals surface area contributed by atoms with Crippen LogP contribution in [-0.2, 0) is 0 Å². The summed E-state index contributed by atoms with van der Waals surface area (Å²) in [6.45, 7) is 9.39. The molecule has 0 atom stereocenters. The average molecular weight is 110 g/mol. The zero-order valence-electron chi connectivity index (χ0n) is 5.35. The summed E-state index contributed by atoms with van der Waals surface area (Å²) in [7, 11) is 0. The molecule has 0 aromatic rings. The molecule has 0 aromatic carbocycles. The lowest BCUT2D eigenvalue weighted by molar-refractivity contribution is 1.16. The maximum Gasteiger partial charge on any atom is 0 e. The van der Waals surface area contributed by atoms with Crippen LogP contribution in [0.1, 0.15) is 14.8 Å². The minimum absolute atomic E-state index is 0. The Balaban J connectivity index is 0. The minimum atomic E-state index is 0. The molecule has 0 heteroatoms. The van der Waals surface area contributed by atoms with Crippen LogP contribution in [0.15, 0.2) is 37.0 Å². The molecule has 0 aromatic heterocycles. The third kappa shape index (κ3) is 3.41. The van der Waals surface area contributed by atoms with E-state index >= 15 is 0 Å². The van der Waals surface area contributed by atoms with Gasteiger partial charge in [-0.3, -0.25) is 0 Å². The molecule has 0 spiro atoms. The van der Waals surface area contributed by atoms with E-state index in [1.807, 2.05) is 12.2 Å². The van der Waals surface area contributed by atoms with Crippen molar-refractivity contribution in [3.8, 4) is 0 Å². The topological polar surface area (TPSA) is 0 Å². The Morgan fingerprint density at radius 3 is 2.75 bits per heavy atom. The van der Waals surface area contributed by atoms with Gasteiger partial charge in [0, 0.05) is 1.43 Å². The quantitative estimate of drug-likeness (QED) is 0.490. The molecule has 8 heavy (non-hydrogen) atoms. The first kappa shape index (κ1) is 7.22. The molecule has 0 bridgehead atoms. The second-order valence-corrected chi connectivity index (χ2v) is 1.61. The van der Waals surface area contributed by atoms with E-state index in [1.54, 1.807) is 6.08 Å². The van der Waals surface area contributed by atoms with Gasteiger partial charge < -0.3 is 0 Å². The van der Waals surface area contributed by atoms with E-state index in [4.69, 9.17) is 0 Å². The number of hydrogen-bond donors (Lipinski definition) is 0. The third-order valence-corrected chi connectivity index (χ3v) is 0.922. The first-order valence-electron chi connectivity index (χ1n) is 2.78. The Kier molecular flexibility index (Phi) is 3.95. The van der Waals surface area contributed by atoms with Gasteiger partial charge in [-0.2, -0.15) is 0 Å². The van der Waals surface area contributed by atoms with Crippen LogP contribution in [0.25, 0.3) is 0 Å². The van der Waals surface area contributed by atoms with Crippen LogP contribution < -0.4 is 0 Å². The molecule has 0 saturated carbocycles. The summed E-state index contributed by atoms with van der Waals surface area (Å²) in [5.41, 5.74) is 1.14. The summed E-state index contributed by atoms with van der Waals surface area (Å²) in [6, 6.07) is 0. The van der Waals surface area contributed by atoms with Crippen molar-refractivity contribution in [2.75, 3.05) is 0 Å². The van der Waals surface area contributed by atoms with Gasteiger partial charge in [-0.05, 0) is 6.42 Å². The van der Waals surface area contributed by atoms with Gasteiger partial charge in [0.05, 0.1) is 0 Å². The minimum Gasteiger partial charge on any atom is -0.0991 e. The van der Waals surface area contributed by atoms with E-state index in [-0.39, 0.29) is 1.43 Å². The van der Waals surface area contributed by atoms with Crippen LogP contribution in [0.2, 0.25) is 0 Å². The van der Waals surface area contributed by atoms with Crippen molar-refractivity contribution >= 4 is 0 Å². The smallest absolute Gasteiger partial charge is 0 e. The highest BCUT2D eigenvalue weighted by Crippen LogP contribution is 1.96. The molecule has 0 radical (unpaired) electrons. The highest BCUT2D eigenvalue weighted by atomic mass is 13.8. The first-order chi connectivity index (χ1) is 3.81. The molecule has 0 rings (SSSR count). The summed E-state index contributed by atoms with van der Waals surface area (Å²) >= 11 is 0. The normalized spacial score (nSPS) is 9.62. The van der Waals surface area contributed by atoms with E-state index in [1.165, 1.54) is 0 Å². The van der Waals surface area contributed by atoms with E-state index in [2.05, 4.69) is 20.1 Å². The predicted molar refractivity (Wildman–Crippen MR) is 40.9 cm³/mol. The van der Waals surface area contributed by atoms with Gasteiger partial charge >= 0.3 is 0 Å². The Labute approximate surface area is 52.7 Å². The second-order valence-electron chi connectivity index (χ2n) is 1.61. The van der Waals surface area contributed by atoms with Crippen molar-refractivity contribution in [1.82, 2.24) is 0 Å². The van der Waals surface area contributed by atoms with Crippen LogP contribution >= 0.6 is 0 Å². The molecule has 0 fully saturated rings. The molecule has 46 valence electrons. The van der Waals surface area contributed by atoms with Crippen LogP contribution in [-0.4, -0.2) is 0 Å². The molecule has 0 amide bonds.